The predicted molar refractivity (Wildman–Crippen MR) is 50.3 cm³/mol. The van der Waals surface area contributed by atoms with Gasteiger partial charge in [0.15, 0.2) is 0 Å². The average molecular weight is 200 g/mol. The van der Waals surface area contributed by atoms with E-state index in [2.05, 4.69) is 0 Å². The second kappa shape index (κ2) is 4.57. The van der Waals surface area contributed by atoms with Crippen LogP contribution in [-0.2, 0) is 14.3 Å². The summed E-state index contributed by atoms with van der Waals surface area (Å²) in [5.41, 5.74) is 0.828. The fraction of sp³-hybridized carbons (Fsp3) is 0.700. The zero-order valence-electron chi connectivity index (χ0n) is 8.58. The van der Waals surface area contributed by atoms with E-state index in [-0.39, 0.29) is 0 Å². The van der Waals surface area contributed by atoms with Crippen molar-refractivity contribution < 1.29 is 19.4 Å². The molecule has 0 saturated carbocycles. The Labute approximate surface area is 83.5 Å². The molecule has 1 saturated heterocycles. The fourth-order valence-corrected chi connectivity index (χ4v) is 1.26. The predicted octanol–water partition coefficient (Wildman–Crippen LogP) is 1.34. The Morgan fingerprint density at radius 3 is 2.71 bits per heavy atom. The third-order valence-electron chi connectivity index (χ3n) is 1.88. The minimum atomic E-state index is -1.71. The topological polar surface area (TPSA) is 55.8 Å². The second-order valence-electron chi connectivity index (χ2n) is 3.66. The molecule has 4 nitrogen and oxygen atoms in total. The van der Waals surface area contributed by atoms with E-state index in [0.29, 0.717) is 13.0 Å². The first-order valence-corrected chi connectivity index (χ1v) is 4.76. The van der Waals surface area contributed by atoms with Gasteiger partial charge >= 0.3 is 11.9 Å². The van der Waals surface area contributed by atoms with Crippen molar-refractivity contribution in [3.05, 3.63) is 11.6 Å². The Bertz CT molecular complexity index is 235. The van der Waals surface area contributed by atoms with Crippen LogP contribution in [0.15, 0.2) is 11.6 Å². The molecule has 0 aromatic carbocycles. The molecule has 0 amide bonds. The van der Waals surface area contributed by atoms with E-state index in [9.17, 15) is 9.90 Å². The second-order valence-corrected chi connectivity index (χ2v) is 3.66. The highest BCUT2D eigenvalue weighted by atomic mass is 16.8. The molecule has 0 aliphatic carbocycles. The van der Waals surface area contributed by atoms with Gasteiger partial charge in [0.25, 0.3) is 0 Å². The molecule has 80 valence electrons. The Hall–Kier alpha value is -0.870. The smallest absolute Gasteiger partial charge is 0.334 e. The molecule has 0 aromatic heterocycles. The van der Waals surface area contributed by atoms with Gasteiger partial charge in [0.1, 0.15) is 0 Å². The van der Waals surface area contributed by atoms with Crippen LogP contribution in [-0.4, -0.2) is 23.7 Å². The Morgan fingerprint density at radius 1 is 1.50 bits per heavy atom. The molecule has 1 rings (SSSR count). The maximum absolute atomic E-state index is 11.2. The largest absolute Gasteiger partial charge is 0.405 e. The van der Waals surface area contributed by atoms with Gasteiger partial charge in [-0.25, -0.2) is 4.79 Å². The molecule has 1 fully saturated rings. The molecule has 14 heavy (non-hydrogen) atoms. The Kier molecular flexibility index (Phi) is 3.66. The van der Waals surface area contributed by atoms with Gasteiger partial charge in [0.2, 0.25) is 0 Å². The first kappa shape index (κ1) is 11.2. The fourth-order valence-electron chi connectivity index (χ4n) is 1.26. The standard InChI is InChI=1S/C10H16O4/c1-8(2)7-9(11)14-10(12)5-3-4-6-13-10/h7,12H,3-6H2,1-2H3. The van der Waals surface area contributed by atoms with Crippen LogP contribution in [0.5, 0.6) is 0 Å². The summed E-state index contributed by atoms with van der Waals surface area (Å²) < 4.78 is 9.81. The molecule has 1 N–H and O–H groups in total. The minimum absolute atomic E-state index is 0.343. The number of hydrogen-bond acceptors (Lipinski definition) is 4. The van der Waals surface area contributed by atoms with E-state index in [1.165, 1.54) is 6.08 Å². The number of hydrogen-bond donors (Lipinski definition) is 1. The van der Waals surface area contributed by atoms with E-state index >= 15 is 0 Å². The summed E-state index contributed by atoms with van der Waals surface area (Å²) in [6, 6.07) is 0. The molecule has 1 heterocycles. The summed E-state index contributed by atoms with van der Waals surface area (Å²) in [6.07, 6.45) is 3.37. The molecule has 1 aliphatic heterocycles. The van der Waals surface area contributed by atoms with E-state index in [1.807, 2.05) is 0 Å². The van der Waals surface area contributed by atoms with Crippen molar-refractivity contribution >= 4 is 5.97 Å². The first-order chi connectivity index (χ1) is 6.52. The van der Waals surface area contributed by atoms with Crippen LogP contribution < -0.4 is 0 Å². The molecule has 1 atom stereocenters. The monoisotopic (exact) mass is 200 g/mol. The van der Waals surface area contributed by atoms with Gasteiger partial charge in [-0.1, -0.05) is 5.57 Å². The molecule has 0 aromatic rings. The van der Waals surface area contributed by atoms with Gasteiger partial charge in [0, 0.05) is 12.5 Å². The molecule has 0 bridgehead atoms. The maximum atomic E-state index is 11.2. The summed E-state index contributed by atoms with van der Waals surface area (Å²) >= 11 is 0. The summed E-state index contributed by atoms with van der Waals surface area (Å²) in [7, 11) is 0. The summed E-state index contributed by atoms with van der Waals surface area (Å²) in [5, 5.41) is 9.66. The van der Waals surface area contributed by atoms with Gasteiger partial charge in [-0.2, -0.15) is 0 Å². The van der Waals surface area contributed by atoms with Crippen LogP contribution in [0.4, 0.5) is 0 Å². The zero-order chi connectivity index (χ0) is 10.6. The lowest BCUT2D eigenvalue weighted by Crippen LogP contribution is -2.40. The van der Waals surface area contributed by atoms with Crippen molar-refractivity contribution in [3.63, 3.8) is 0 Å². The highest BCUT2D eigenvalue weighted by molar-refractivity contribution is 5.82. The number of carbonyl (C=O) groups is 1. The van der Waals surface area contributed by atoms with Gasteiger partial charge in [-0.15, -0.1) is 0 Å². The van der Waals surface area contributed by atoms with Gasteiger partial charge in [-0.05, 0) is 26.7 Å². The molecular formula is C10H16O4. The van der Waals surface area contributed by atoms with E-state index in [0.717, 1.165) is 18.4 Å². The molecule has 1 unspecified atom stereocenters. The lowest BCUT2D eigenvalue weighted by molar-refractivity contribution is -0.353. The number of allylic oxidation sites excluding steroid dienone is 1. The van der Waals surface area contributed by atoms with Crippen LogP contribution in [0.2, 0.25) is 0 Å². The molecule has 4 heteroatoms. The number of esters is 1. The molecular weight excluding hydrogens is 184 g/mol. The van der Waals surface area contributed by atoms with Crippen LogP contribution in [0.3, 0.4) is 0 Å². The lowest BCUT2D eigenvalue weighted by atomic mass is 10.2. The Balaban J connectivity index is 2.49. The van der Waals surface area contributed by atoms with E-state index < -0.39 is 11.9 Å². The zero-order valence-corrected chi connectivity index (χ0v) is 8.58. The van der Waals surface area contributed by atoms with Crippen molar-refractivity contribution in [2.75, 3.05) is 6.61 Å². The van der Waals surface area contributed by atoms with Crippen molar-refractivity contribution in [1.29, 1.82) is 0 Å². The van der Waals surface area contributed by atoms with Crippen LogP contribution in [0, 0.1) is 0 Å². The number of rotatable bonds is 2. The quantitative estimate of drug-likeness (QED) is 0.415. The first-order valence-electron chi connectivity index (χ1n) is 4.76. The number of aliphatic hydroxyl groups is 1. The average Bonchev–Trinajstić information content (AvgIpc) is 2.02. The van der Waals surface area contributed by atoms with Crippen LogP contribution >= 0.6 is 0 Å². The summed E-state index contributed by atoms with van der Waals surface area (Å²) in [4.78, 5) is 11.2. The molecule has 1 aliphatic rings. The SMILES string of the molecule is CC(C)=CC(=O)OC1(O)CCCCO1. The number of ether oxygens (including phenoxy) is 2. The molecule has 0 spiro atoms. The maximum Gasteiger partial charge on any atom is 0.334 e. The van der Waals surface area contributed by atoms with Crippen LogP contribution in [0.1, 0.15) is 33.1 Å². The highest BCUT2D eigenvalue weighted by Gasteiger charge is 2.34. The van der Waals surface area contributed by atoms with Crippen molar-refractivity contribution in [3.8, 4) is 0 Å². The third-order valence-corrected chi connectivity index (χ3v) is 1.88. The number of carbonyl (C=O) groups excluding carboxylic acids is 1. The highest BCUT2D eigenvalue weighted by Crippen LogP contribution is 2.23. The lowest BCUT2D eigenvalue weighted by Gasteiger charge is -2.30. The van der Waals surface area contributed by atoms with Crippen molar-refractivity contribution in [2.24, 2.45) is 0 Å². The molecule has 0 radical (unpaired) electrons. The van der Waals surface area contributed by atoms with Gasteiger partial charge in [0.05, 0.1) is 6.61 Å². The Morgan fingerprint density at radius 2 is 2.21 bits per heavy atom. The normalized spacial score (nSPS) is 26.8. The van der Waals surface area contributed by atoms with E-state index in [1.54, 1.807) is 13.8 Å². The van der Waals surface area contributed by atoms with Crippen LogP contribution in [0.25, 0.3) is 0 Å². The van der Waals surface area contributed by atoms with Crippen molar-refractivity contribution in [2.45, 2.75) is 39.1 Å². The van der Waals surface area contributed by atoms with E-state index in [4.69, 9.17) is 9.47 Å². The summed E-state index contributed by atoms with van der Waals surface area (Å²) in [5.74, 6) is -2.27. The minimum Gasteiger partial charge on any atom is -0.405 e. The third kappa shape index (κ3) is 3.47. The van der Waals surface area contributed by atoms with Gasteiger partial charge in [-0.3, -0.25) is 0 Å². The summed E-state index contributed by atoms with van der Waals surface area (Å²) in [6.45, 7) is 4.00. The van der Waals surface area contributed by atoms with Gasteiger partial charge < -0.3 is 14.6 Å². The van der Waals surface area contributed by atoms with Crippen molar-refractivity contribution in [1.82, 2.24) is 0 Å².